The largest absolute Gasteiger partial charge is 0.377 e. The van der Waals surface area contributed by atoms with E-state index in [4.69, 9.17) is 10.5 Å². The normalized spacial score (nSPS) is 19.0. The lowest BCUT2D eigenvalue weighted by Crippen LogP contribution is -2.54. The third-order valence-corrected chi connectivity index (χ3v) is 3.18. The van der Waals surface area contributed by atoms with Gasteiger partial charge in [0.15, 0.2) is 0 Å². The molecule has 0 radical (unpaired) electrons. The molecule has 2 rings (SSSR count). The molecule has 15 heavy (non-hydrogen) atoms. The summed E-state index contributed by atoms with van der Waals surface area (Å²) in [6, 6.07) is 6.59. The average Bonchev–Trinajstić information content (AvgIpc) is 2.14. The molecular formula is C13H19NO. The van der Waals surface area contributed by atoms with Crippen molar-refractivity contribution in [1.29, 1.82) is 0 Å². The minimum atomic E-state index is -0.241. The molecule has 2 heteroatoms. The van der Waals surface area contributed by atoms with Crippen molar-refractivity contribution in [1.82, 2.24) is 0 Å². The van der Waals surface area contributed by atoms with E-state index in [1.807, 2.05) is 0 Å². The maximum absolute atomic E-state index is 6.27. The number of hydrogen-bond acceptors (Lipinski definition) is 2. The van der Waals surface area contributed by atoms with E-state index in [-0.39, 0.29) is 5.54 Å². The van der Waals surface area contributed by atoms with E-state index in [1.54, 1.807) is 0 Å². The van der Waals surface area contributed by atoms with Crippen molar-refractivity contribution >= 4 is 0 Å². The molecule has 82 valence electrons. The van der Waals surface area contributed by atoms with Crippen molar-refractivity contribution in [3.8, 4) is 0 Å². The molecule has 0 unspecified atom stereocenters. The second-order valence-electron chi connectivity index (χ2n) is 4.88. The van der Waals surface area contributed by atoms with E-state index < -0.39 is 0 Å². The molecule has 0 atom stereocenters. The van der Waals surface area contributed by atoms with Crippen LogP contribution in [0.1, 0.15) is 36.5 Å². The van der Waals surface area contributed by atoms with Crippen LogP contribution in [0.4, 0.5) is 0 Å². The minimum Gasteiger partial charge on any atom is -0.377 e. The first-order valence-electron chi connectivity index (χ1n) is 5.50. The SMILES string of the molecule is Cc1ccc(C(C)C)cc1C1(N)COC1. The van der Waals surface area contributed by atoms with Gasteiger partial charge in [-0.1, -0.05) is 32.0 Å². The molecule has 2 nitrogen and oxygen atoms in total. The van der Waals surface area contributed by atoms with Crippen LogP contribution in [0.25, 0.3) is 0 Å². The number of benzene rings is 1. The van der Waals surface area contributed by atoms with Crippen LogP contribution in [-0.4, -0.2) is 13.2 Å². The number of nitrogens with two attached hydrogens (primary N) is 1. The molecule has 0 bridgehead atoms. The molecule has 1 fully saturated rings. The quantitative estimate of drug-likeness (QED) is 0.804. The topological polar surface area (TPSA) is 35.2 Å². The molecule has 0 aromatic heterocycles. The number of aryl methyl sites for hydroxylation is 1. The minimum absolute atomic E-state index is 0.241. The van der Waals surface area contributed by atoms with E-state index in [1.165, 1.54) is 16.7 Å². The smallest absolute Gasteiger partial charge is 0.0886 e. The van der Waals surface area contributed by atoms with E-state index in [0.29, 0.717) is 19.1 Å². The van der Waals surface area contributed by atoms with Gasteiger partial charge in [-0.2, -0.15) is 0 Å². The summed E-state index contributed by atoms with van der Waals surface area (Å²) in [6.45, 7) is 7.82. The summed E-state index contributed by atoms with van der Waals surface area (Å²) in [7, 11) is 0. The highest BCUT2D eigenvalue weighted by molar-refractivity contribution is 5.38. The Kier molecular flexibility index (Phi) is 2.57. The van der Waals surface area contributed by atoms with Gasteiger partial charge in [-0.3, -0.25) is 0 Å². The first-order valence-corrected chi connectivity index (χ1v) is 5.50. The summed E-state index contributed by atoms with van der Waals surface area (Å²) >= 11 is 0. The Morgan fingerprint density at radius 1 is 1.33 bits per heavy atom. The molecule has 1 heterocycles. The molecule has 1 aliphatic rings. The average molecular weight is 205 g/mol. The van der Waals surface area contributed by atoms with Crippen molar-refractivity contribution in [2.24, 2.45) is 5.73 Å². The maximum Gasteiger partial charge on any atom is 0.0886 e. The Morgan fingerprint density at radius 3 is 2.47 bits per heavy atom. The number of ether oxygens (including phenoxy) is 1. The summed E-state index contributed by atoms with van der Waals surface area (Å²) in [5.74, 6) is 0.550. The summed E-state index contributed by atoms with van der Waals surface area (Å²) in [5, 5.41) is 0. The molecule has 0 amide bonds. The van der Waals surface area contributed by atoms with Crippen LogP contribution in [0, 0.1) is 6.92 Å². The van der Waals surface area contributed by atoms with Crippen LogP contribution >= 0.6 is 0 Å². The molecular weight excluding hydrogens is 186 g/mol. The molecule has 1 aliphatic heterocycles. The monoisotopic (exact) mass is 205 g/mol. The van der Waals surface area contributed by atoms with Gasteiger partial charge < -0.3 is 10.5 Å². The Balaban J connectivity index is 2.41. The van der Waals surface area contributed by atoms with Gasteiger partial charge in [0.25, 0.3) is 0 Å². The summed E-state index contributed by atoms with van der Waals surface area (Å²) in [6.07, 6.45) is 0. The van der Waals surface area contributed by atoms with Gasteiger partial charge in [0.05, 0.1) is 18.8 Å². The van der Waals surface area contributed by atoms with Crippen molar-refractivity contribution in [2.45, 2.75) is 32.2 Å². The highest BCUT2D eigenvalue weighted by Crippen LogP contribution is 2.31. The Morgan fingerprint density at radius 2 is 2.00 bits per heavy atom. The molecule has 2 N–H and O–H groups in total. The highest BCUT2D eigenvalue weighted by atomic mass is 16.5. The fraction of sp³-hybridized carbons (Fsp3) is 0.538. The zero-order chi connectivity index (χ0) is 11.1. The van der Waals surface area contributed by atoms with Crippen molar-refractivity contribution in [3.63, 3.8) is 0 Å². The Bertz CT molecular complexity index is 367. The predicted molar refractivity (Wildman–Crippen MR) is 62.0 cm³/mol. The van der Waals surface area contributed by atoms with Crippen LogP contribution in [-0.2, 0) is 10.3 Å². The molecule has 1 aromatic rings. The van der Waals surface area contributed by atoms with E-state index in [2.05, 4.69) is 39.0 Å². The summed E-state index contributed by atoms with van der Waals surface area (Å²) < 4.78 is 5.22. The molecule has 0 aliphatic carbocycles. The number of rotatable bonds is 2. The van der Waals surface area contributed by atoms with E-state index in [0.717, 1.165) is 0 Å². The van der Waals surface area contributed by atoms with Crippen molar-refractivity contribution in [3.05, 3.63) is 34.9 Å². The van der Waals surface area contributed by atoms with Crippen LogP contribution in [0.15, 0.2) is 18.2 Å². The van der Waals surface area contributed by atoms with Gasteiger partial charge in [0.1, 0.15) is 0 Å². The van der Waals surface area contributed by atoms with Gasteiger partial charge in [0, 0.05) is 0 Å². The highest BCUT2D eigenvalue weighted by Gasteiger charge is 2.37. The van der Waals surface area contributed by atoms with Crippen molar-refractivity contribution < 1.29 is 4.74 Å². The summed E-state index contributed by atoms with van der Waals surface area (Å²) in [4.78, 5) is 0. The predicted octanol–water partition coefficient (Wildman–Crippen LogP) is 2.30. The van der Waals surface area contributed by atoms with Gasteiger partial charge in [0.2, 0.25) is 0 Å². The molecule has 1 saturated heterocycles. The van der Waals surface area contributed by atoms with Crippen LogP contribution in [0.2, 0.25) is 0 Å². The van der Waals surface area contributed by atoms with Gasteiger partial charge in [-0.05, 0) is 29.5 Å². The number of hydrogen-bond donors (Lipinski definition) is 1. The van der Waals surface area contributed by atoms with Crippen LogP contribution < -0.4 is 5.73 Å². The fourth-order valence-corrected chi connectivity index (χ4v) is 2.01. The third-order valence-electron chi connectivity index (χ3n) is 3.18. The van der Waals surface area contributed by atoms with E-state index in [9.17, 15) is 0 Å². The first-order chi connectivity index (χ1) is 7.03. The lowest BCUT2D eigenvalue weighted by molar-refractivity contribution is -0.0572. The molecule has 1 aromatic carbocycles. The van der Waals surface area contributed by atoms with Gasteiger partial charge in [-0.25, -0.2) is 0 Å². The zero-order valence-corrected chi connectivity index (χ0v) is 9.71. The van der Waals surface area contributed by atoms with E-state index >= 15 is 0 Å². The van der Waals surface area contributed by atoms with Crippen LogP contribution in [0.3, 0.4) is 0 Å². The second kappa shape index (κ2) is 3.62. The molecule has 0 saturated carbocycles. The summed E-state index contributed by atoms with van der Waals surface area (Å²) in [5.41, 5.74) is 9.90. The maximum atomic E-state index is 6.27. The Labute approximate surface area is 91.4 Å². The Hall–Kier alpha value is -0.860. The fourth-order valence-electron chi connectivity index (χ4n) is 2.01. The van der Waals surface area contributed by atoms with Crippen LogP contribution in [0.5, 0.6) is 0 Å². The third kappa shape index (κ3) is 1.80. The first kappa shape index (κ1) is 10.7. The lowest BCUT2D eigenvalue weighted by Gasteiger charge is -2.39. The van der Waals surface area contributed by atoms with Gasteiger partial charge >= 0.3 is 0 Å². The molecule has 0 spiro atoms. The lowest BCUT2D eigenvalue weighted by atomic mass is 9.84. The van der Waals surface area contributed by atoms with Gasteiger partial charge in [-0.15, -0.1) is 0 Å². The second-order valence-corrected chi connectivity index (χ2v) is 4.88. The standard InChI is InChI=1S/C13H19NO/c1-9(2)11-5-4-10(3)12(6-11)13(14)7-15-8-13/h4-6,9H,7-8,14H2,1-3H3. The zero-order valence-electron chi connectivity index (χ0n) is 9.71. The van der Waals surface area contributed by atoms with Crippen molar-refractivity contribution in [2.75, 3.05) is 13.2 Å².